The Morgan fingerprint density at radius 1 is 1.43 bits per heavy atom. The third-order valence-electron chi connectivity index (χ3n) is 3.24. The summed E-state index contributed by atoms with van der Waals surface area (Å²) in [6.07, 6.45) is 1.72. The Kier molecular flexibility index (Phi) is 6.94. The highest BCUT2D eigenvalue weighted by molar-refractivity contribution is 7.91. The van der Waals surface area contributed by atoms with Gasteiger partial charge < -0.3 is 16.4 Å². The fourth-order valence-corrected chi connectivity index (χ4v) is 3.69. The minimum absolute atomic E-state index is 0.0466. The average Bonchev–Trinajstić information content (AvgIpc) is 2.68. The summed E-state index contributed by atoms with van der Waals surface area (Å²) in [7, 11) is -2.96. The molecule has 7 nitrogen and oxygen atoms in total. The van der Waals surface area contributed by atoms with E-state index in [1.807, 2.05) is 0 Å². The van der Waals surface area contributed by atoms with Gasteiger partial charge in [-0.3, -0.25) is 9.79 Å². The third kappa shape index (κ3) is 7.89. The summed E-state index contributed by atoms with van der Waals surface area (Å²) in [5.74, 6) is 0.956. The molecule has 0 spiro atoms. The molecule has 1 atom stereocenters. The number of nitrogens with zero attached hydrogens (tertiary/aromatic N) is 1. The third-order valence-corrected chi connectivity index (χ3v) is 5.01. The number of sulfone groups is 1. The van der Waals surface area contributed by atoms with E-state index in [1.54, 1.807) is 0 Å². The van der Waals surface area contributed by atoms with Crippen LogP contribution in [0.5, 0.6) is 0 Å². The Morgan fingerprint density at radius 3 is 2.71 bits per heavy atom. The van der Waals surface area contributed by atoms with Crippen molar-refractivity contribution in [1.82, 2.24) is 10.6 Å². The van der Waals surface area contributed by atoms with Crippen molar-refractivity contribution in [2.24, 2.45) is 16.6 Å². The molecule has 1 fully saturated rings. The number of nitrogens with one attached hydrogen (secondary N) is 2. The normalized spacial score (nSPS) is 21.5. The van der Waals surface area contributed by atoms with Crippen molar-refractivity contribution in [2.45, 2.75) is 39.2 Å². The first-order chi connectivity index (χ1) is 9.78. The first kappa shape index (κ1) is 17.7. The number of amides is 1. The highest BCUT2D eigenvalue weighted by Gasteiger charge is 2.28. The average molecular weight is 318 g/mol. The van der Waals surface area contributed by atoms with E-state index in [4.69, 9.17) is 5.73 Å². The van der Waals surface area contributed by atoms with Crippen LogP contribution in [-0.4, -0.2) is 50.9 Å². The van der Waals surface area contributed by atoms with Crippen molar-refractivity contribution < 1.29 is 13.2 Å². The van der Waals surface area contributed by atoms with Crippen LogP contribution in [0.3, 0.4) is 0 Å². The molecular formula is C13H26N4O3S. The van der Waals surface area contributed by atoms with Crippen LogP contribution in [0.2, 0.25) is 0 Å². The van der Waals surface area contributed by atoms with Gasteiger partial charge in [0.05, 0.1) is 11.5 Å². The van der Waals surface area contributed by atoms with Gasteiger partial charge in [0.2, 0.25) is 5.91 Å². The molecule has 0 aromatic rings. The van der Waals surface area contributed by atoms with Crippen LogP contribution in [0, 0.1) is 5.92 Å². The molecule has 0 aromatic heterocycles. The molecule has 1 aliphatic rings. The van der Waals surface area contributed by atoms with Crippen LogP contribution in [0.15, 0.2) is 4.99 Å². The van der Waals surface area contributed by atoms with Crippen LogP contribution < -0.4 is 16.4 Å². The molecule has 1 aliphatic heterocycles. The van der Waals surface area contributed by atoms with Crippen LogP contribution >= 0.6 is 0 Å². The van der Waals surface area contributed by atoms with E-state index in [2.05, 4.69) is 29.5 Å². The van der Waals surface area contributed by atoms with Crippen molar-refractivity contribution >= 4 is 21.7 Å². The molecule has 1 unspecified atom stereocenters. The van der Waals surface area contributed by atoms with E-state index in [0.29, 0.717) is 31.4 Å². The molecule has 8 heteroatoms. The Morgan fingerprint density at radius 2 is 2.14 bits per heavy atom. The summed E-state index contributed by atoms with van der Waals surface area (Å²) in [5.41, 5.74) is 5.67. The maximum absolute atomic E-state index is 11.7. The second-order valence-corrected chi connectivity index (χ2v) is 8.02. The van der Waals surface area contributed by atoms with E-state index < -0.39 is 9.84 Å². The number of aliphatic imine (C=N–C) groups is 1. The van der Waals surface area contributed by atoms with Crippen molar-refractivity contribution in [3.8, 4) is 0 Å². The molecule has 0 bridgehead atoms. The highest BCUT2D eigenvalue weighted by Crippen LogP contribution is 2.11. The molecule has 0 aliphatic carbocycles. The van der Waals surface area contributed by atoms with Gasteiger partial charge in [-0.15, -0.1) is 0 Å². The molecule has 122 valence electrons. The quantitative estimate of drug-likeness (QED) is 0.438. The van der Waals surface area contributed by atoms with Gasteiger partial charge in [-0.25, -0.2) is 8.42 Å². The first-order valence-corrected chi connectivity index (χ1v) is 9.14. The van der Waals surface area contributed by atoms with Gasteiger partial charge >= 0.3 is 0 Å². The van der Waals surface area contributed by atoms with E-state index in [9.17, 15) is 13.2 Å². The maximum Gasteiger partial charge on any atom is 0.222 e. The lowest BCUT2D eigenvalue weighted by molar-refractivity contribution is -0.121. The molecule has 1 amide bonds. The van der Waals surface area contributed by atoms with E-state index >= 15 is 0 Å². The van der Waals surface area contributed by atoms with Gasteiger partial charge in [0.1, 0.15) is 0 Å². The van der Waals surface area contributed by atoms with Gasteiger partial charge in [-0.2, -0.15) is 0 Å². The first-order valence-electron chi connectivity index (χ1n) is 7.32. The van der Waals surface area contributed by atoms with Gasteiger partial charge in [0, 0.05) is 25.6 Å². The zero-order valence-electron chi connectivity index (χ0n) is 12.8. The van der Waals surface area contributed by atoms with E-state index in [-0.39, 0.29) is 29.9 Å². The molecular weight excluding hydrogens is 292 g/mol. The Hall–Kier alpha value is -1.31. The number of nitrogens with two attached hydrogens (primary N) is 1. The van der Waals surface area contributed by atoms with Crippen LogP contribution in [0.4, 0.5) is 0 Å². The summed E-state index contributed by atoms with van der Waals surface area (Å²) in [5, 5.41) is 5.60. The van der Waals surface area contributed by atoms with Gasteiger partial charge in [-0.1, -0.05) is 13.8 Å². The standard InChI is InChI=1S/C13H26N4O3S/c1-10(2)3-6-15-13(14)16-7-4-12(18)17-11-5-8-21(19,20)9-11/h10-11H,3-9H2,1-2H3,(H,17,18)(H3,14,15,16). The van der Waals surface area contributed by atoms with Gasteiger partial charge in [0.15, 0.2) is 15.8 Å². The predicted octanol–water partition coefficient (Wildman–Crippen LogP) is -0.370. The smallest absolute Gasteiger partial charge is 0.222 e. The van der Waals surface area contributed by atoms with Crippen molar-refractivity contribution in [2.75, 3.05) is 24.6 Å². The molecule has 1 heterocycles. The zero-order valence-corrected chi connectivity index (χ0v) is 13.6. The zero-order chi connectivity index (χ0) is 15.9. The summed E-state index contributed by atoms with van der Waals surface area (Å²) >= 11 is 0. The highest BCUT2D eigenvalue weighted by atomic mass is 32.2. The minimum Gasteiger partial charge on any atom is -0.370 e. The number of hydrogen-bond donors (Lipinski definition) is 3. The number of hydrogen-bond acceptors (Lipinski definition) is 4. The van der Waals surface area contributed by atoms with Crippen molar-refractivity contribution in [1.29, 1.82) is 0 Å². The minimum atomic E-state index is -2.96. The lowest BCUT2D eigenvalue weighted by Gasteiger charge is -2.11. The summed E-state index contributed by atoms with van der Waals surface area (Å²) in [6, 6.07) is -0.250. The number of guanidine groups is 1. The van der Waals surface area contributed by atoms with Crippen molar-refractivity contribution in [3.05, 3.63) is 0 Å². The van der Waals surface area contributed by atoms with Crippen molar-refractivity contribution in [3.63, 3.8) is 0 Å². The topological polar surface area (TPSA) is 114 Å². The molecule has 0 aromatic carbocycles. The summed E-state index contributed by atoms with van der Waals surface area (Å²) in [4.78, 5) is 15.8. The molecule has 0 radical (unpaired) electrons. The Labute approximate surface area is 126 Å². The van der Waals surface area contributed by atoms with Gasteiger partial charge in [0.25, 0.3) is 0 Å². The Bertz CT molecular complexity index is 474. The van der Waals surface area contributed by atoms with E-state index in [0.717, 1.165) is 6.42 Å². The summed E-state index contributed by atoms with van der Waals surface area (Å²) < 4.78 is 22.6. The lowest BCUT2D eigenvalue weighted by Crippen LogP contribution is -2.39. The van der Waals surface area contributed by atoms with Gasteiger partial charge in [-0.05, 0) is 18.8 Å². The molecule has 0 saturated carbocycles. The summed E-state index contributed by atoms with van der Waals surface area (Å²) in [6.45, 7) is 5.30. The molecule has 21 heavy (non-hydrogen) atoms. The van der Waals surface area contributed by atoms with Crippen LogP contribution in [0.25, 0.3) is 0 Å². The molecule has 1 rings (SSSR count). The predicted molar refractivity (Wildman–Crippen MR) is 83.8 cm³/mol. The fourth-order valence-electron chi connectivity index (χ4n) is 2.01. The second-order valence-electron chi connectivity index (χ2n) is 5.79. The lowest BCUT2D eigenvalue weighted by atomic mass is 10.1. The maximum atomic E-state index is 11.7. The SMILES string of the molecule is CC(C)CCN=C(N)NCCC(=O)NC1CCS(=O)(=O)C1. The monoisotopic (exact) mass is 318 g/mol. The fraction of sp³-hybridized carbons (Fsp3) is 0.846. The van der Waals surface area contributed by atoms with E-state index in [1.165, 1.54) is 0 Å². The number of carbonyl (C=O) groups is 1. The largest absolute Gasteiger partial charge is 0.370 e. The Balaban J connectivity index is 2.16. The number of carbonyl (C=O) groups excluding carboxylic acids is 1. The van der Waals surface area contributed by atoms with Crippen LogP contribution in [0.1, 0.15) is 33.1 Å². The van der Waals surface area contributed by atoms with Crippen LogP contribution in [-0.2, 0) is 14.6 Å². The molecule has 4 N–H and O–H groups in total. The molecule has 1 saturated heterocycles. The second kappa shape index (κ2) is 8.21. The number of rotatable bonds is 7.